The first-order chi connectivity index (χ1) is 17.4. The van der Waals surface area contributed by atoms with E-state index in [1.807, 2.05) is 0 Å². The maximum Gasteiger partial charge on any atom is 0.349 e. The third kappa shape index (κ3) is 8.01. The first-order valence-corrected chi connectivity index (χ1v) is 12.9. The molecule has 0 spiro atoms. The molecule has 194 valence electrons. The zero-order valence-electron chi connectivity index (χ0n) is 20.8. The van der Waals surface area contributed by atoms with E-state index in [0.717, 1.165) is 55.9 Å². The Bertz CT molecular complexity index is 1040. The lowest BCUT2D eigenvalue weighted by Gasteiger charge is -2.28. The van der Waals surface area contributed by atoms with Gasteiger partial charge in [0.1, 0.15) is 40.6 Å². The Morgan fingerprint density at radius 1 is 0.889 bits per heavy atom. The maximum atomic E-state index is 14.6. The Kier molecular flexibility index (Phi) is 10.7. The van der Waals surface area contributed by atoms with E-state index in [4.69, 9.17) is 14.7 Å². The van der Waals surface area contributed by atoms with Crippen molar-refractivity contribution in [1.29, 1.82) is 5.26 Å². The highest BCUT2D eigenvalue weighted by Gasteiger charge is 2.24. The lowest BCUT2D eigenvalue weighted by molar-refractivity contribution is 0.0724. The summed E-state index contributed by atoms with van der Waals surface area (Å²) in [6.07, 6.45) is 13.5. The fraction of sp³-hybridized carbons (Fsp3) is 0.517. The van der Waals surface area contributed by atoms with E-state index in [2.05, 4.69) is 6.92 Å². The van der Waals surface area contributed by atoms with E-state index in [-0.39, 0.29) is 17.1 Å². The van der Waals surface area contributed by atoms with E-state index < -0.39 is 29.0 Å². The number of unbranched alkanes of at least 4 members (excludes halogenated alkanes) is 5. The molecule has 36 heavy (non-hydrogen) atoms. The van der Waals surface area contributed by atoms with Crippen LogP contribution in [0.25, 0.3) is 0 Å². The lowest BCUT2D eigenvalue weighted by atomic mass is 9.80. The number of hydrogen-bond donors (Lipinski definition) is 0. The Hall–Kier alpha value is -3.01. The highest BCUT2D eigenvalue weighted by atomic mass is 19.1. The standard InChI is InChI=1S/C29H34F3NO3/c1-2-3-4-5-6-7-8-20-9-11-21(12-10-20)19-35-24-16-26(31)28(27(32)17-24)29(34)36-23-14-13-22(18-33)25(30)15-23/h13-17,20-21H,2-12,19H2,1H3. The minimum Gasteiger partial charge on any atom is -0.493 e. The highest BCUT2D eigenvalue weighted by Crippen LogP contribution is 2.33. The number of carbonyl (C=O) groups excluding carboxylic acids is 1. The Balaban J connectivity index is 1.46. The van der Waals surface area contributed by atoms with Crippen LogP contribution in [-0.2, 0) is 0 Å². The molecule has 0 amide bonds. The molecule has 1 saturated carbocycles. The molecular formula is C29H34F3NO3. The number of hydrogen-bond acceptors (Lipinski definition) is 4. The van der Waals surface area contributed by atoms with Gasteiger partial charge in [0.25, 0.3) is 0 Å². The average molecular weight is 502 g/mol. The average Bonchev–Trinajstić information content (AvgIpc) is 2.85. The van der Waals surface area contributed by atoms with Crippen LogP contribution in [0.2, 0.25) is 0 Å². The topological polar surface area (TPSA) is 59.3 Å². The lowest BCUT2D eigenvalue weighted by Crippen LogP contribution is -2.20. The monoisotopic (exact) mass is 501 g/mol. The summed E-state index contributed by atoms with van der Waals surface area (Å²) in [5.41, 5.74) is -1.12. The molecule has 7 heteroatoms. The maximum absolute atomic E-state index is 14.6. The summed E-state index contributed by atoms with van der Waals surface area (Å²) in [5.74, 6) is -3.58. The van der Waals surface area contributed by atoms with Crippen LogP contribution in [0.4, 0.5) is 13.2 Å². The number of carbonyl (C=O) groups is 1. The number of nitriles is 1. The van der Waals surface area contributed by atoms with Crippen LogP contribution in [0.1, 0.15) is 93.5 Å². The molecule has 0 heterocycles. The van der Waals surface area contributed by atoms with Gasteiger partial charge >= 0.3 is 5.97 Å². The Morgan fingerprint density at radius 3 is 2.14 bits per heavy atom. The second-order valence-electron chi connectivity index (χ2n) is 9.66. The van der Waals surface area contributed by atoms with Gasteiger partial charge in [-0.1, -0.05) is 64.7 Å². The summed E-state index contributed by atoms with van der Waals surface area (Å²) >= 11 is 0. The molecule has 0 aromatic heterocycles. The summed E-state index contributed by atoms with van der Waals surface area (Å²) in [4.78, 5) is 12.3. The van der Waals surface area contributed by atoms with Crippen LogP contribution < -0.4 is 9.47 Å². The second-order valence-corrected chi connectivity index (χ2v) is 9.66. The van der Waals surface area contributed by atoms with Crippen molar-refractivity contribution in [3.63, 3.8) is 0 Å². The zero-order valence-corrected chi connectivity index (χ0v) is 20.8. The van der Waals surface area contributed by atoms with E-state index in [9.17, 15) is 18.0 Å². The molecule has 0 atom stereocenters. The number of esters is 1. The predicted molar refractivity (Wildman–Crippen MR) is 131 cm³/mol. The summed E-state index contributed by atoms with van der Waals surface area (Å²) in [6, 6.07) is 6.66. The fourth-order valence-corrected chi connectivity index (χ4v) is 4.75. The third-order valence-corrected chi connectivity index (χ3v) is 6.91. The second kappa shape index (κ2) is 13.9. The van der Waals surface area contributed by atoms with Crippen LogP contribution in [-0.4, -0.2) is 12.6 Å². The van der Waals surface area contributed by atoms with Gasteiger partial charge in [0.05, 0.1) is 12.2 Å². The van der Waals surface area contributed by atoms with E-state index in [0.29, 0.717) is 12.5 Å². The first kappa shape index (κ1) is 27.6. The van der Waals surface area contributed by atoms with Crippen molar-refractivity contribution >= 4 is 5.97 Å². The van der Waals surface area contributed by atoms with Crippen LogP contribution >= 0.6 is 0 Å². The van der Waals surface area contributed by atoms with E-state index in [1.54, 1.807) is 6.07 Å². The van der Waals surface area contributed by atoms with Crippen molar-refractivity contribution in [2.45, 2.75) is 77.6 Å². The molecule has 2 aromatic carbocycles. The largest absolute Gasteiger partial charge is 0.493 e. The van der Waals surface area contributed by atoms with Gasteiger partial charge in [-0.3, -0.25) is 0 Å². The van der Waals surface area contributed by atoms with Crippen molar-refractivity contribution in [3.05, 3.63) is 58.9 Å². The summed E-state index contributed by atoms with van der Waals surface area (Å²) in [6.45, 7) is 2.60. The number of rotatable bonds is 12. The van der Waals surface area contributed by atoms with Gasteiger partial charge in [0.2, 0.25) is 0 Å². The summed E-state index contributed by atoms with van der Waals surface area (Å²) < 4.78 is 53.4. The SMILES string of the molecule is CCCCCCCCC1CCC(COc2cc(F)c(C(=O)Oc3ccc(C#N)c(F)c3)c(F)c2)CC1. The Labute approximate surface area is 211 Å². The molecule has 0 bridgehead atoms. The van der Waals surface area contributed by atoms with Crippen molar-refractivity contribution in [2.75, 3.05) is 6.61 Å². The predicted octanol–water partition coefficient (Wildman–Crippen LogP) is 8.13. The van der Waals surface area contributed by atoms with Crippen LogP contribution in [0, 0.1) is 40.6 Å². The third-order valence-electron chi connectivity index (χ3n) is 6.91. The van der Waals surface area contributed by atoms with Crippen molar-refractivity contribution in [3.8, 4) is 17.6 Å². The van der Waals surface area contributed by atoms with Crippen molar-refractivity contribution in [1.82, 2.24) is 0 Å². The quantitative estimate of drug-likeness (QED) is 0.167. The highest BCUT2D eigenvalue weighted by molar-refractivity contribution is 5.91. The minimum atomic E-state index is -1.30. The van der Waals surface area contributed by atoms with E-state index in [1.165, 1.54) is 51.0 Å². The molecule has 4 nitrogen and oxygen atoms in total. The molecule has 1 aliphatic rings. The number of benzene rings is 2. The van der Waals surface area contributed by atoms with Gasteiger partial charge in [-0.05, 0) is 36.8 Å². The normalized spacial score (nSPS) is 17.4. The van der Waals surface area contributed by atoms with Crippen LogP contribution in [0.5, 0.6) is 11.5 Å². The van der Waals surface area contributed by atoms with Crippen LogP contribution in [0.3, 0.4) is 0 Å². The first-order valence-electron chi connectivity index (χ1n) is 12.9. The molecular weight excluding hydrogens is 467 g/mol. The molecule has 0 unspecified atom stereocenters. The fourth-order valence-electron chi connectivity index (χ4n) is 4.75. The van der Waals surface area contributed by atoms with Gasteiger partial charge in [0, 0.05) is 18.2 Å². The zero-order chi connectivity index (χ0) is 25.9. The molecule has 0 saturated heterocycles. The molecule has 0 radical (unpaired) electrons. The smallest absolute Gasteiger partial charge is 0.349 e. The summed E-state index contributed by atoms with van der Waals surface area (Å²) in [7, 11) is 0. The summed E-state index contributed by atoms with van der Waals surface area (Å²) in [5, 5.41) is 8.76. The van der Waals surface area contributed by atoms with Gasteiger partial charge in [-0.2, -0.15) is 5.26 Å². The molecule has 3 rings (SSSR count). The van der Waals surface area contributed by atoms with Gasteiger partial charge < -0.3 is 9.47 Å². The van der Waals surface area contributed by atoms with Gasteiger partial charge in [-0.25, -0.2) is 18.0 Å². The molecule has 0 aliphatic heterocycles. The molecule has 2 aromatic rings. The number of nitrogens with zero attached hydrogens (tertiary/aromatic N) is 1. The van der Waals surface area contributed by atoms with Crippen LogP contribution in [0.15, 0.2) is 30.3 Å². The van der Waals surface area contributed by atoms with Gasteiger partial charge in [0.15, 0.2) is 0 Å². The van der Waals surface area contributed by atoms with Crippen molar-refractivity contribution in [2.24, 2.45) is 11.8 Å². The van der Waals surface area contributed by atoms with Crippen molar-refractivity contribution < 1.29 is 27.4 Å². The number of halogens is 3. The minimum absolute atomic E-state index is 0.0140. The molecule has 1 aliphatic carbocycles. The molecule has 1 fully saturated rings. The number of ether oxygens (including phenoxy) is 2. The Morgan fingerprint density at radius 2 is 1.50 bits per heavy atom. The van der Waals surface area contributed by atoms with E-state index >= 15 is 0 Å². The van der Waals surface area contributed by atoms with Gasteiger partial charge in [-0.15, -0.1) is 0 Å². The molecule has 0 N–H and O–H groups in total.